The number of hydrogen-bond donors (Lipinski definition) is 0. The average molecular weight is 289 g/mol. The first kappa shape index (κ1) is 10.5. The van der Waals surface area contributed by atoms with E-state index in [9.17, 15) is 0 Å². The van der Waals surface area contributed by atoms with E-state index in [1.54, 1.807) is 6.20 Å². The Morgan fingerprint density at radius 1 is 1.18 bits per heavy atom. The summed E-state index contributed by atoms with van der Waals surface area (Å²) in [5.74, 6) is 0.592. The van der Waals surface area contributed by atoms with Crippen molar-refractivity contribution in [3.8, 4) is 11.5 Å². The molecule has 0 saturated heterocycles. The third-order valence-corrected chi connectivity index (χ3v) is 3.29. The van der Waals surface area contributed by atoms with Crippen molar-refractivity contribution in [2.24, 2.45) is 0 Å². The summed E-state index contributed by atoms with van der Waals surface area (Å²) in [6.45, 7) is 2.00. The van der Waals surface area contributed by atoms with Crippen LogP contribution in [0.4, 0.5) is 0 Å². The molecule has 4 heteroatoms. The van der Waals surface area contributed by atoms with Crippen molar-refractivity contribution in [3.05, 3.63) is 46.6 Å². The van der Waals surface area contributed by atoms with Crippen molar-refractivity contribution in [3.63, 3.8) is 0 Å². The largest absolute Gasteiger partial charge is 0.418 e. The lowest BCUT2D eigenvalue weighted by molar-refractivity contribution is 0.607. The Hall–Kier alpha value is -1.68. The molecule has 0 aliphatic rings. The van der Waals surface area contributed by atoms with Gasteiger partial charge in [0.15, 0.2) is 0 Å². The molecule has 2 heterocycles. The highest BCUT2D eigenvalue weighted by Gasteiger charge is 2.12. The van der Waals surface area contributed by atoms with Gasteiger partial charge in [-0.1, -0.05) is 12.1 Å². The predicted octanol–water partition coefficient (Wildman–Crippen LogP) is 3.96. The van der Waals surface area contributed by atoms with E-state index in [-0.39, 0.29) is 0 Å². The molecule has 0 N–H and O–H groups in total. The molecule has 0 unspecified atom stereocenters. The molecule has 3 aromatic rings. The number of oxazole rings is 1. The number of nitrogens with zero attached hydrogens (tertiary/aromatic N) is 2. The lowest BCUT2D eigenvalue weighted by Crippen LogP contribution is -1.80. The Morgan fingerprint density at radius 3 is 2.76 bits per heavy atom. The molecule has 0 aliphatic carbocycles. The molecule has 0 fully saturated rings. The van der Waals surface area contributed by atoms with E-state index in [2.05, 4.69) is 25.9 Å². The normalized spacial score (nSPS) is 10.9. The van der Waals surface area contributed by atoms with Gasteiger partial charge in [0.25, 0.3) is 0 Å². The van der Waals surface area contributed by atoms with Gasteiger partial charge in [0.2, 0.25) is 11.6 Å². The quantitative estimate of drug-likeness (QED) is 0.680. The van der Waals surface area contributed by atoms with Gasteiger partial charge in [-0.05, 0) is 46.6 Å². The smallest absolute Gasteiger partial charge is 0.247 e. The van der Waals surface area contributed by atoms with Gasteiger partial charge in [-0.3, -0.25) is 0 Å². The van der Waals surface area contributed by atoms with Crippen molar-refractivity contribution in [1.82, 2.24) is 9.97 Å². The Balaban J connectivity index is 2.26. The molecular weight excluding hydrogens is 280 g/mol. The van der Waals surface area contributed by atoms with Crippen LogP contribution in [0.5, 0.6) is 0 Å². The fraction of sp³-hybridized carbons (Fsp3) is 0.0769. The van der Waals surface area contributed by atoms with Crippen LogP contribution >= 0.6 is 15.9 Å². The van der Waals surface area contributed by atoms with Gasteiger partial charge in [-0.15, -0.1) is 0 Å². The molecule has 0 spiro atoms. The van der Waals surface area contributed by atoms with E-state index in [0.717, 1.165) is 21.1 Å². The van der Waals surface area contributed by atoms with Gasteiger partial charge in [0.1, 0.15) is 5.52 Å². The lowest BCUT2D eigenvalue weighted by Gasteiger charge is -1.96. The highest BCUT2D eigenvalue weighted by atomic mass is 79.9. The minimum Gasteiger partial charge on any atom is -0.418 e. The highest BCUT2D eigenvalue weighted by Crippen LogP contribution is 2.29. The van der Waals surface area contributed by atoms with Crippen molar-refractivity contribution in [2.75, 3.05) is 0 Å². The molecule has 0 aliphatic heterocycles. The van der Waals surface area contributed by atoms with Gasteiger partial charge in [0, 0.05) is 10.7 Å². The van der Waals surface area contributed by atoms with Gasteiger partial charge < -0.3 is 4.42 Å². The number of aromatic nitrogens is 2. The Labute approximate surface area is 107 Å². The molecule has 84 valence electrons. The standard InChI is InChI=1S/C13H9BrN2O/c1-8-6-7-15-13-11(8)16-12(17-13)9-4-2-3-5-10(9)14/h2-7H,1H3. The van der Waals surface area contributed by atoms with Crippen LogP contribution in [0, 0.1) is 6.92 Å². The number of pyridine rings is 1. The topological polar surface area (TPSA) is 38.9 Å². The zero-order valence-corrected chi connectivity index (χ0v) is 10.7. The van der Waals surface area contributed by atoms with Crippen LogP contribution in [0.3, 0.4) is 0 Å². The lowest BCUT2D eigenvalue weighted by atomic mass is 10.2. The molecule has 3 nitrogen and oxygen atoms in total. The van der Waals surface area contributed by atoms with Crippen LogP contribution in [-0.4, -0.2) is 9.97 Å². The predicted molar refractivity (Wildman–Crippen MR) is 69.7 cm³/mol. The third-order valence-electron chi connectivity index (χ3n) is 2.60. The Morgan fingerprint density at radius 2 is 2.00 bits per heavy atom. The monoisotopic (exact) mass is 288 g/mol. The first-order valence-electron chi connectivity index (χ1n) is 5.23. The summed E-state index contributed by atoms with van der Waals surface area (Å²) in [6, 6.07) is 9.76. The minimum atomic E-state index is 0.579. The summed E-state index contributed by atoms with van der Waals surface area (Å²) in [6.07, 6.45) is 1.73. The fourth-order valence-corrected chi connectivity index (χ4v) is 2.16. The molecule has 17 heavy (non-hydrogen) atoms. The number of rotatable bonds is 1. The molecule has 1 aromatic carbocycles. The second kappa shape index (κ2) is 3.96. The van der Waals surface area contributed by atoms with Gasteiger partial charge in [0.05, 0.1) is 5.56 Å². The zero-order chi connectivity index (χ0) is 11.8. The van der Waals surface area contributed by atoms with Crippen molar-refractivity contribution in [1.29, 1.82) is 0 Å². The molecule has 0 bridgehead atoms. The van der Waals surface area contributed by atoms with Gasteiger partial charge in [-0.2, -0.15) is 0 Å². The molecule has 0 saturated carbocycles. The Kier molecular flexibility index (Phi) is 2.44. The number of halogens is 1. The van der Waals surface area contributed by atoms with E-state index in [4.69, 9.17) is 4.42 Å². The summed E-state index contributed by atoms with van der Waals surface area (Å²) in [5, 5.41) is 0. The zero-order valence-electron chi connectivity index (χ0n) is 9.14. The first-order valence-corrected chi connectivity index (χ1v) is 6.02. The Bertz CT molecular complexity index is 691. The number of fused-ring (bicyclic) bond motifs is 1. The second-order valence-electron chi connectivity index (χ2n) is 3.78. The molecule has 3 rings (SSSR count). The van der Waals surface area contributed by atoms with Crippen LogP contribution < -0.4 is 0 Å². The number of benzene rings is 1. The van der Waals surface area contributed by atoms with E-state index in [0.29, 0.717) is 11.6 Å². The molecular formula is C13H9BrN2O. The maximum Gasteiger partial charge on any atom is 0.247 e. The van der Waals surface area contributed by atoms with Gasteiger partial charge in [-0.25, -0.2) is 9.97 Å². The maximum absolute atomic E-state index is 5.66. The van der Waals surface area contributed by atoms with Crippen LogP contribution in [0.1, 0.15) is 5.56 Å². The average Bonchev–Trinajstić information content (AvgIpc) is 2.75. The minimum absolute atomic E-state index is 0.579. The second-order valence-corrected chi connectivity index (χ2v) is 4.63. The maximum atomic E-state index is 5.66. The van der Waals surface area contributed by atoms with E-state index < -0.39 is 0 Å². The summed E-state index contributed by atoms with van der Waals surface area (Å²) in [4.78, 5) is 8.66. The van der Waals surface area contributed by atoms with Crippen molar-refractivity contribution >= 4 is 27.2 Å². The first-order chi connectivity index (χ1) is 8.25. The van der Waals surface area contributed by atoms with Crippen LogP contribution in [0.15, 0.2) is 45.4 Å². The molecule has 0 atom stereocenters. The fourth-order valence-electron chi connectivity index (χ4n) is 1.70. The number of aryl methyl sites for hydroxylation is 1. The molecule has 2 aromatic heterocycles. The third kappa shape index (κ3) is 1.74. The van der Waals surface area contributed by atoms with E-state index in [1.807, 2.05) is 37.3 Å². The summed E-state index contributed by atoms with van der Waals surface area (Å²) < 4.78 is 6.63. The number of hydrogen-bond acceptors (Lipinski definition) is 3. The van der Waals surface area contributed by atoms with Crippen LogP contribution in [-0.2, 0) is 0 Å². The van der Waals surface area contributed by atoms with E-state index >= 15 is 0 Å². The van der Waals surface area contributed by atoms with Gasteiger partial charge >= 0.3 is 0 Å². The van der Waals surface area contributed by atoms with Crippen molar-refractivity contribution in [2.45, 2.75) is 6.92 Å². The van der Waals surface area contributed by atoms with Crippen LogP contribution in [0.25, 0.3) is 22.7 Å². The summed E-state index contributed by atoms with van der Waals surface area (Å²) >= 11 is 3.49. The SMILES string of the molecule is Cc1ccnc2oc(-c3ccccc3Br)nc12. The molecule has 0 amide bonds. The molecule has 0 radical (unpaired) electrons. The highest BCUT2D eigenvalue weighted by molar-refractivity contribution is 9.10. The van der Waals surface area contributed by atoms with Crippen molar-refractivity contribution < 1.29 is 4.42 Å². The van der Waals surface area contributed by atoms with Crippen LogP contribution in [0.2, 0.25) is 0 Å². The summed E-state index contributed by atoms with van der Waals surface area (Å²) in [7, 11) is 0. The summed E-state index contributed by atoms with van der Waals surface area (Å²) in [5.41, 5.74) is 3.40. The van der Waals surface area contributed by atoms with E-state index in [1.165, 1.54) is 0 Å².